The molecule has 2 aliphatic heterocycles. The molecule has 0 aliphatic carbocycles. The number of amides is 1. The quantitative estimate of drug-likeness (QED) is 0.295. The van der Waals surface area contributed by atoms with Crippen LogP contribution in [0.4, 0.5) is 26.4 Å². The number of furan rings is 1. The fourth-order valence-electron chi connectivity index (χ4n) is 4.62. The van der Waals surface area contributed by atoms with E-state index in [0.29, 0.717) is 75.5 Å². The molecule has 5 heterocycles. The van der Waals surface area contributed by atoms with Gasteiger partial charge in [0.15, 0.2) is 23.4 Å². The minimum atomic E-state index is -0.829. The summed E-state index contributed by atoms with van der Waals surface area (Å²) in [6, 6.07) is 5.63. The number of nitrogens with two attached hydrogens (primary N) is 1. The van der Waals surface area contributed by atoms with E-state index < -0.39 is 17.7 Å². The van der Waals surface area contributed by atoms with E-state index in [-0.39, 0.29) is 23.3 Å². The van der Waals surface area contributed by atoms with Gasteiger partial charge in [-0.15, -0.1) is 5.10 Å². The highest BCUT2D eigenvalue weighted by atomic mass is 19.1. The Labute approximate surface area is 221 Å². The number of carbonyl (C=O) groups excluding carboxylic acids is 1. The van der Waals surface area contributed by atoms with Crippen LogP contribution in [0.5, 0.6) is 5.75 Å². The predicted molar refractivity (Wildman–Crippen MR) is 136 cm³/mol. The molecule has 1 aromatic carbocycles. The first kappa shape index (κ1) is 24.8. The van der Waals surface area contributed by atoms with E-state index in [1.165, 1.54) is 16.8 Å². The van der Waals surface area contributed by atoms with Crippen LogP contribution in [0.2, 0.25) is 0 Å². The largest absolute Gasteiger partial charge is 0.477 e. The van der Waals surface area contributed by atoms with Crippen molar-refractivity contribution in [3.8, 4) is 17.3 Å². The molecule has 0 radical (unpaired) electrons. The Kier molecular flexibility index (Phi) is 6.56. The summed E-state index contributed by atoms with van der Waals surface area (Å²) < 4.78 is 41.2. The molecule has 4 aromatic rings. The van der Waals surface area contributed by atoms with Gasteiger partial charge in [0.25, 0.3) is 11.7 Å². The summed E-state index contributed by atoms with van der Waals surface area (Å²) in [4.78, 5) is 28.8. The number of aromatic nitrogens is 5. The molecular formula is C24H26F2N10O3. The van der Waals surface area contributed by atoms with E-state index in [0.717, 1.165) is 6.07 Å². The van der Waals surface area contributed by atoms with Gasteiger partial charge in [0, 0.05) is 64.4 Å². The van der Waals surface area contributed by atoms with Gasteiger partial charge in [-0.2, -0.15) is 19.5 Å². The molecule has 6 rings (SSSR count). The third-order valence-corrected chi connectivity index (χ3v) is 6.67. The van der Waals surface area contributed by atoms with Gasteiger partial charge in [-0.05, 0) is 12.1 Å². The van der Waals surface area contributed by atoms with E-state index in [2.05, 4.69) is 35.6 Å². The lowest BCUT2D eigenvalue weighted by Gasteiger charge is -2.36. The van der Waals surface area contributed by atoms with Crippen molar-refractivity contribution in [3.63, 3.8) is 0 Å². The van der Waals surface area contributed by atoms with Crippen LogP contribution < -0.4 is 26.0 Å². The van der Waals surface area contributed by atoms with Gasteiger partial charge >= 0.3 is 0 Å². The average molecular weight is 541 g/mol. The number of fused-ring (bicyclic) bond motifs is 1. The third-order valence-electron chi connectivity index (χ3n) is 6.67. The molecule has 1 amide bonds. The number of carbonyl (C=O) groups is 1. The molecule has 204 valence electrons. The van der Waals surface area contributed by atoms with Crippen molar-refractivity contribution in [2.24, 2.45) is 0 Å². The number of hydrogen-bond acceptors (Lipinski definition) is 11. The van der Waals surface area contributed by atoms with Crippen molar-refractivity contribution < 1.29 is 22.7 Å². The summed E-state index contributed by atoms with van der Waals surface area (Å²) in [7, 11) is 0. The van der Waals surface area contributed by atoms with Crippen LogP contribution in [0.25, 0.3) is 17.4 Å². The molecule has 0 spiro atoms. The smallest absolute Gasteiger partial charge is 0.261 e. The predicted octanol–water partition coefficient (Wildman–Crippen LogP) is 1.14. The zero-order valence-electron chi connectivity index (χ0n) is 20.8. The SMILES string of the molecule is Nc1nc(NCCN2CCN(c3cc(O[C@@H]4CCNC4=O)c(F)cc3F)CC2)nc2nc(-c3ccco3)nn12. The van der Waals surface area contributed by atoms with Gasteiger partial charge in [-0.3, -0.25) is 9.69 Å². The number of anilines is 3. The van der Waals surface area contributed by atoms with Crippen LogP contribution in [0, 0.1) is 11.6 Å². The molecule has 2 aliphatic rings. The highest BCUT2D eigenvalue weighted by Crippen LogP contribution is 2.30. The number of nitrogens with one attached hydrogen (secondary N) is 2. The number of nitrogen functional groups attached to an aromatic ring is 1. The second-order valence-corrected chi connectivity index (χ2v) is 9.21. The monoisotopic (exact) mass is 540 g/mol. The number of halogens is 2. The maximum atomic E-state index is 14.6. The summed E-state index contributed by atoms with van der Waals surface area (Å²) in [5, 5.41) is 10.1. The molecule has 15 heteroatoms. The first-order chi connectivity index (χ1) is 18.9. The molecule has 2 fully saturated rings. The molecule has 2 saturated heterocycles. The van der Waals surface area contributed by atoms with E-state index >= 15 is 0 Å². The summed E-state index contributed by atoms with van der Waals surface area (Å²) in [6.07, 6.45) is 1.20. The third kappa shape index (κ3) is 5.12. The van der Waals surface area contributed by atoms with Crippen molar-refractivity contribution >= 4 is 29.3 Å². The van der Waals surface area contributed by atoms with E-state index in [1.807, 2.05) is 4.90 Å². The normalized spacial score (nSPS) is 18.1. The number of piperazine rings is 1. The Morgan fingerprint density at radius 1 is 1.15 bits per heavy atom. The number of rotatable bonds is 8. The average Bonchev–Trinajstić information content (AvgIpc) is 3.68. The van der Waals surface area contributed by atoms with Crippen LogP contribution >= 0.6 is 0 Å². The summed E-state index contributed by atoms with van der Waals surface area (Å²) in [6.45, 7) is 4.10. The van der Waals surface area contributed by atoms with E-state index in [1.54, 1.807) is 12.1 Å². The first-order valence-electron chi connectivity index (χ1n) is 12.5. The molecule has 1 atom stereocenters. The summed E-state index contributed by atoms with van der Waals surface area (Å²) in [5.74, 6) is -0.298. The zero-order chi connectivity index (χ0) is 26.9. The standard InChI is InChI=1S/C24H26F2N10O3/c25-14-12-15(26)19(39-18-3-4-28-21(18)37)13-16(14)35-9-7-34(8-10-35)6-5-29-23-31-22(27)36-24(32-23)30-20(33-36)17-2-1-11-38-17/h1-2,11-13,18H,3-10H2,(H,28,37)(H3,27,29,30,31,32,33)/t18-/m1/s1. The van der Waals surface area contributed by atoms with Crippen LogP contribution in [0.15, 0.2) is 34.9 Å². The Morgan fingerprint density at radius 2 is 2.00 bits per heavy atom. The summed E-state index contributed by atoms with van der Waals surface area (Å²) in [5.41, 5.74) is 6.29. The lowest BCUT2D eigenvalue weighted by Crippen LogP contribution is -2.48. The van der Waals surface area contributed by atoms with Gasteiger partial charge in [0.2, 0.25) is 17.7 Å². The van der Waals surface area contributed by atoms with Crippen LogP contribution in [0.3, 0.4) is 0 Å². The number of hydrogen-bond donors (Lipinski definition) is 3. The van der Waals surface area contributed by atoms with Gasteiger partial charge in [-0.25, -0.2) is 8.78 Å². The zero-order valence-corrected chi connectivity index (χ0v) is 20.8. The topological polar surface area (TPSA) is 152 Å². The molecule has 3 aromatic heterocycles. The van der Waals surface area contributed by atoms with Crippen molar-refractivity contribution in [2.75, 3.05) is 61.8 Å². The van der Waals surface area contributed by atoms with Crippen LogP contribution in [-0.2, 0) is 4.79 Å². The van der Waals surface area contributed by atoms with Crippen molar-refractivity contribution in [1.82, 2.24) is 34.8 Å². The van der Waals surface area contributed by atoms with Crippen LogP contribution in [0.1, 0.15) is 6.42 Å². The number of benzene rings is 1. The molecule has 13 nitrogen and oxygen atoms in total. The minimum absolute atomic E-state index is 0.125. The maximum absolute atomic E-state index is 14.6. The second-order valence-electron chi connectivity index (χ2n) is 9.21. The lowest BCUT2D eigenvalue weighted by atomic mass is 10.2. The van der Waals surface area contributed by atoms with Gasteiger partial charge in [0.1, 0.15) is 5.82 Å². The van der Waals surface area contributed by atoms with Gasteiger partial charge < -0.3 is 30.4 Å². The van der Waals surface area contributed by atoms with Crippen molar-refractivity contribution in [1.29, 1.82) is 0 Å². The molecule has 0 unspecified atom stereocenters. The van der Waals surface area contributed by atoms with Crippen LogP contribution in [-0.4, -0.2) is 87.3 Å². The van der Waals surface area contributed by atoms with Crippen molar-refractivity contribution in [3.05, 3.63) is 42.2 Å². The number of nitrogens with zero attached hydrogens (tertiary/aromatic N) is 7. The van der Waals surface area contributed by atoms with E-state index in [9.17, 15) is 13.6 Å². The Morgan fingerprint density at radius 3 is 2.74 bits per heavy atom. The number of ether oxygens (including phenoxy) is 1. The lowest BCUT2D eigenvalue weighted by molar-refractivity contribution is -0.125. The molecule has 39 heavy (non-hydrogen) atoms. The highest BCUT2D eigenvalue weighted by molar-refractivity contribution is 5.83. The Bertz CT molecular complexity index is 1490. The fourth-order valence-corrected chi connectivity index (χ4v) is 4.62. The first-order valence-corrected chi connectivity index (χ1v) is 12.5. The second kappa shape index (κ2) is 10.3. The van der Waals surface area contributed by atoms with E-state index in [4.69, 9.17) is 14.9 Å². The van der Waals surface area contributed by atoms with Gasteiger partial charge in [0.05, 0.1) is 12.0 Å². The fraction of sp³-hybridized carbons (Fsp3) is 0.375. The molecule has 0 saturated carbocycles. The maximum Gasteiger partial charge on any atom is 0.261 e. The summed E-state index contributed by atoms with van der Waals surface area (Å²) >= 11 is 0. The van der Waals surface area contributed by atoms with Gasteiger partial charge in [-0.1, -0.05) is 0 Å². The molecular weight excluding hydrogens is 514 g/mol. The van der Waals surface area contributed by atoms with Crippen molar-refractivity contribution in [2.45, 2.75) is 12.5 Å². The Balaban J connectivity index is 1.03. The molecule has 4 N–H and O–H groups in total. The Hall–Kier alpha value is -4.53. The highest BCUT2D eigenvalue weighted by Gasteiger charge is 2.28. The minimum Gasteiger partial charge on any atom is -0.477 e. The molecule has 0 bridgehead atoms.